The lowest BCUT2D eigenvalue weighted by atomic mass is 10.1. The molecule has 0 aromatic rings. The molecule has 0 saturated carbocycles. The van der Waals surface area contributed by atoms with Gasteiger partial charge in [-0.2, -0.15) is 0 Å². The summed E-state index contributed by atoms with van der Waals surface area (Å²) in [6.07, 6.45) is 0.597. The molecule has 0 radical (unpaired) electrons. The van der Waals surface area contributed by atoms with Gasteiger partial charge in [-0.3, -0.25) is 10.1 Å². The molecule has 17 heavy (non-hydrogen) atoms. The first-order valence-corrected chi connectivity index (χ1v) is 9.12. The fourth-order valence-electron chi connectivity index (χ4n) is 1.81. The number of hydrogen-bond acceptors (Lipinski definition) is 3. The first kappa shape index (κ1) is 14.7. The Balaban J connectivity index is 2.68. The molecule has 4 nitrogen and oxygen atoms in total. The average Bonchev–Trinajstić information content (AvgIpc) is 2.45. The maximum atomic E-state index is 10.9. The van der Waals surface area contributed by atoms with E-state index in [1.807, 2.05) is 6.92 Å². The van der Waals surface area contributed by atoms with Crippen LogP contribution in [0.25, 0.3) is 0 Å². The Hall–Kier alpha value is -0.393. The van der Waals surface area contributed by atoms with E-state index in [0.717, 1.165) is 0 Å². The van der Waals surface area contributed by atoms with Crippen LogP contribution in [0.5, 0.6) is 0 Å². The Labute approximate surface area is 105 Å². The normalized spacial score (nSPS) is 30.6. The second-order valence-corrected chi connectivity index (χ2v) is 11.3. The highest BCUT2D eigenvalue weighted by atomic mass is 28.4. The maximum absolute atomic E-state index is 10.9. The smallest absolute Gasteiger partial charge is 0.320 e. The molecule has 2 N–H and O–H groups in total. The van der Waals surface area contributed by atoms with Crippen molar-refractivity contribution in [3.8, 4) is 0 Å². The third-order valence-corrected chi connectivity index (χ3v) is 8.54. The summed E-state index contributed by atoms with van der Waals surface area (Å²) >= 11 is 0. The first-order valence-electron chi connectivity index (χ1n) is 6.21. The predicted octanol–water partition coefficient (Wildman–Crippen LogP) is 2.21. The molecule has 1 heterocycles. The monoisotopic (exact) mass is 259 g/mol. The second-order valence-electron chi connectivity index (χ2n) is 6.50. The van der Waals surface area contributed by atoms with Gasteiger partial charge in [0, 0.05) is 6.04 Å². The van der Waals surface area contributed by atoms with Crippen LogP contribution in [0, 0.1) is 0 Å². The van der Waals surface area contributed by atoms with Gasteiger partial charge in [0.1, 0.15) is 6.04 Å². The standard InChI is InChI=1S/C12H25NO3Si/c1-8-10(7-9(13-8)11(14)15)16-17(5,6)12(2,3)4/h8-10,13H,7H2,1-6H3,(H,14,15)/t8?,9?,10-/m0/s1. The fourth-order valence-corrected chi connectivity index (χ4v) is 3.22. The van der Waals surface area contributed by atoms with E-state index < -0.39 is 20.3 Å². The Morgan fingerprint density at radius 2 is 1.94 bits per heavy atom. The van der Waals surface area contributed by atoms with Gasteiger partial charge in [0.2, 0.25) is 0 Å². The van der Waals surface area contributed by atoms with Crippen molar-refractivity contribution in [1.82, 2.24) is 5.32 Å². The van der Waals surface area contributed by atoms with Crippen LogP contribution in [-0.2, 0) is 9.22 Å². The minimum atomic E-state index is -1.81. The summed E-state index contributed by atoms with van der Waals surface area (Å²) in [5.74, 6) is -0.779. The molecule has 1 saturated heterocycles. The van der Waals surface area contributed by atoms with Crippen molar-refractivity contribution < 1.29 is 14.3 Å². The van der Waals surface area contributed by atoms with Crippen molar-refractivity contribution >= 4 is 14.3 Å². The van der Waals surface area contributed by atoms with E-state index in [9.17, 15) is 4.79 Å². The molecule has 1 fully saturated rings. The Bertz CT molecular complexity index is 299. The van der Waals surface area contributed by atoms with E-state index >= 15 is 0 Å². The summed E-state index contributed by atoms with van der Waals surface area (Å²) in [5, 5.41) is 12.2. The van der Waals surface area contributed by atoms with Gasteiger partial charge in [-0.1, -0.05) is 20.8 Å². The molecule has 0 aromatic heterocycles. The fraction of sp³-hybridized carbons (Fsp3) is 0.917. The zero-order valence-corrected chi connectivity index (χ0v) is 12.7. The minimum Gasteiger partial charge on any atom is -0.480 e. The van der Waals surface area contributed by atoms with Gasteiger partial charge in [-0.05, 0) is 31.5 Å². The summed E-state index contributed by atoms with van der Waals surface area (Å²) in [5.41, 5.74) is 0. The second kappa shape index (κ2) is 4.70. The zero-order chi connectivity index (χ0) is 13.4. The number of aliphatic carboxylic acids is 1. The number of hydrogen-bond donors (Lipinski definition) is 2. The Morgan fingerprint density at radius 3 is 2.29 bits per heavy atom. The van der Waals surface area contributed by atoms with Gasteiger partial charge in [-0.25, -0.2) is 0 Å². The number of nitrogens with one attached hydrogen (secondary N) is 1. The molecule has 1 rings (SSSR count). The topological polar surface area (TPSA) is 58.6 Å². The quantitative estimate of drug-likeness (QED) is 0.763. The lowest BCUT2D eigenvalue weighted by Crippen LogP contribution is -2.46. The predicted molar refractivity (Wildman–Crippen MR) is 70.7 cm³/mol. The summed E-state index contributed by atoms with van der Waals surface area (Å²) in [6.45, 7) is 13.0. The van der Waals surface area contributed by atoms with Crippen LogP contribution in [0.4, 0.5) is 0 Å². The van der Waals surface area contributed by atoms with Crippen LogP contribution in [0.3, 0.4) is 0 Å². The highest BCUT2D eigenvalue weighted by Gasteiger charge is 2.43. The number of rotatable bonds is 3. The number of carboxylic acid groups (broad SMARTS) is 1. The van der Waals surface area contributed by atoms with Crippen LogP contribution in [0.15, 0.2) is 0 Å². The molecule has 3 atom stereocenters. The highest BCUT2D eigenvalue weighted by Crippen LogP contribution is 2.38. The minimum absolute atomic E-state index is 0.0250. The number of carboxylic acids is 1. The van der Waals surface area contributed by atoms with Gasteiger partial charge in [-0.15, -0.1) is 0 Å². The average molecular weight is 259 g/mol. The van der Waals surface area contributed by atoms with Crippen LogP contribution < -0.4 is 5.32 Å². The Morgan fingerprint density at radius 1 is 1.41 bits per heavy atom. The molecule has 100 valence electrons. The SMILES string of the molecule is CC1NC(C(=O)O)C[C@@H]1O[Si](C)(C)C(C)(C)C. The van der Waals surface area contributed by atoms with E-state index in [1.54, 1.807) is 0 Å². The van der Waals surface area contributed by atoms with Crippen molar-refractivity contribution in [2.45, 2.75) is 70.4 Å². The van der Waals surface area contributed by atoms with Crippen molar-refractivity contribution in [3.63, 3.8) is 0 Å². The van der Waals surface area contributed by atoms with Gasteiger partial charge in [0.05, 0.1) is 6.10 Å². The third-order valence-electron chi connectivity index (χ3n) is 4.04. The van der Waals surface area contributed by atoms with Crippen molar-refractivity contribution in [3.05, 3.63) is 0 Å². The summed E-state index contributed by atoms with van der Waals surface area (Å²) in [4.78, 5) is 10.9. The number of carbonyl (C=O) groups is 1. The molecule has 2 unspecified atom stereocenters. The molecule has 0 bridgehead atoms. The highest BCUT2D eigenvalue weighted by molar-refractivity contribution is 6.74. The molecule has 5 heteroatoms. The van der Waals surface area contributed by atoms with Crippen LogP contribution >= 0.6 is 0 Å². The van der Waals surface area contributed by atoms with Crippen molar-refractivity contribution in [1.29, 1.82) is 0 Å². The molecular formula is C12H25NO3Si. The zero-order valence-electron chi connectivity index (χ0n) is 11.7. The van der Waals surface area contributed by atoms with Crippen LogP contribution in [-0.4, -0.2) is 37.6 Å². The summed E-state index contributed by atoms with van der Waals surface area (Å²) in [7, 11) is -1.81. The van der Waals surface area contributed by atoms with E-state index in [2.05, 4.69) is 39.2 Å². The molecule has 1 aliphatic rings. The van der Waals surface area contributed by atoms with Crippen molar-refractivity contribution in [2.24, 2.45) is 0 Å². The van der Waals surface area contributed by atoms with Gasteiger partial charge < -0.3 is 9.53 Å². The lowest BCUT2D eigenvalue weighted by Gasteiger charge is -2.39. The summed E-state index contributed by atoms with van der Waals surface area (Å²) < 4.78 is 6.27. The Kier molecular flexibility index (Phi) is 4.06. The summed E-state index contributed by atoms with van der Waals surface area (Å²) in [6, 6.07) is -0.343. The first-order chi connectivity index (χ1) is 7.54. The molecule has 0 aromatic carbocycles. The van der Waals surface area contributed by atoms with Crippen LogP contribution in [0.2, 0.25) is 18.1 Å². The van der Waals surface area contributed by atoms with Gasteiger partial charge >= 0.3 is 5.97 Å². The van der Waals surface area contributed by atoms with E-state index in [4.69, 9.17) is 9.53 Å². The van der Waals surface area contributed by atoms with E-state index in [0.29, 0.717) is 6.42 Å². The molecule has 0 spiro atoms. The molecular weight excluding hydrogens is 234 g/mol. The molecule has 0 amide bonds. The third kappa shape index (κ3) is 3.30. The van der Waals surface area contributed by atoms with Gasteiger partial charge in [0.15, 0.2) is 8.32 Å². The van der Waals surface area contributed by atoms with E-state index in [-0.39, 0.29) is 17.2 Å². The van der Waals surface area contributed by atoms with Crippen molar-refractivity contribution in [2.75, 3.05) is 0 Å². The molecule has 1 aliphatic heterocycles. The largest absolute Gasteiger partial charge is 0.480 e. The van der Waals surface area contributed by atoms with E-state index in [1.165, 1.54) is 0 Å². The lowest BCUT2D eigenvalue weighted by molar-refractivity contribution is -0.139. The van der Waals surface area contributed by atoms with Gasteiger partial charge in [0.25, 0.3) is 0 Å². The van der Waals surface area contributed by atoms with Crippen LogP contribution in [0.1, 0.15) is 34.1 Å². The molecule has 0 aliphatic carbocycles. The maximum Gasteiger partial charge on any atom is 0.320 e.